The number of hydrogen-bond donors (Lipinski definition) is 2. The molecule has 0 aromatic heterocycles. The van der Waals surface area contributed by atoms with Gasteiger partial charge in [-0.2, -0.15) is 0 Å². The zero-order valence-corrected chi connectivity index (χ0v) is 24.6. The summed E-state index contributed by atoms with van der Waals surface area (Å²) in [7, 11) is 0. The number of ether oxygens (including phenoxy) is 2. The molecule has 0 radical (unpaired) electrons. The minimum atomic E-state index is -0.245. The van der Waals surface area contributed by atoms with Crippen LogP contribution in [0.25, 0.3) is 0 Å². The summed E-state index contributed by atoms with van der Waals surface area (Å²) in [6.07, 6.45) is 8.73. The Balaban J connectivity index is 1.51. The van der Waals surface area contributed by atoms with E-state index in [9.17, 15) is 9.59 Å². The number of allylic oxidation sites excluding steroid dienone is 2. The van der Waals surface area contributed by atoms with Gasteiger partial charge in [-0.15, -0.1) is 0 Å². The summed E-state index contributed by atoms with van der Waals surface area (Å²) in [5.74, 6) is 0.529. The third-order valence-corrected chi connectivity index (χ3v) is 7.35. The molecule has 0 saturated heterocycles. The molecule has 4 aromatic rings. The fourth-order valence-corrected chi connectivity index (χ4v) is 4.94. The highest BCUT2D eigenvalue weighted by atomic mass is 16.5. The van der Waals surface area contributed by atoms with E-state index in [1.165, 1.54) is 12.4 Å². The highest BCUT2D eigenvalue weighted by molar-refractivity contribution is 6.23. The molecule has 2 N–H and O–H groups in total. The number of benzene rings is 4. The Labute approximate surface area is 261 Å². The van der Waals surface area contributed by atoms with E-state index < -0.39 is 0 Å². The Kier molecular flexibility index (Phi) is 9.21. The van der Waals surface area contributed by atoms with E-state index in [2.05, 4.69) is 10.6 Å². The quantitative estimate of drug-likeness (QED) is 0.213. The molecule has 0 aliphatic carbocycles. The lowest BCUT2D eigenvalue weighted by Crippen LogP contribution is -2.10. The largest absolute Gasteiger partial charge is 0.493 e. The summed E-state index contributed by atoms with van der Waals surface area (Å²) in [5, 5.41) is 6.49. The van der Waals surface area contributed by atoms with Crippen LogP contribution in [0.4, 0.5) is 22.7 Å². The van der Waals surface area contributed by atoms with Crippen molar-refractivity contribution in [1.82, 2.24) is 0 Å². The summed E-state index contributed by atoms with van der Waals surface area (Å²) < 4.78 is 12.2. The number of aliphatic imine (C=N–C) groups is 2. The van der Waals surface area contributed by atoms with Gasteiger partial charge in [0, 0.05) is 24.8 Å². The van der Waals surface area contributed by atoms with Crippen LogP contribution in [0.5, 0.6) is 11.5 Å². The number of ketones is 2. The number of nitrogens with zero attached hydrogens (tertiary/aromatic N) is 2. The van der Waals surface area contributed by atoms with Crippen LogP contribution in [-0.2, 0) is 0 Å². The first-order valence-corrected chi connectivity index (χ1v) is 14.9. The van der Waals surface area contributed by atoms with Crippen molar-refractivity contribution < 1.29 is 19.1 Å². The first-order chi connectivity index (χ1) is 22.2. The van der Waals surface area contributed by atoms with Gasteiger partial charge in [-0.05, 0) is 67.8 Å². The molecule has 0 unspecified atom stereocenters. The second kappa shape index (κ2) is 14.1. The Morgan fingerprint density at radius 3 is 1.42 bits per heavy atom. The van der Waals surface area contributed by atoms with Gasteiger partial charge < -0.3 is 20.1 Å². The van der Waals surface area contributed by atoms with Gasteiger partial charge in [0.2, 0.25) is 0 Å². The lowest BCUT2D eigenvalue weighted by molar-refractivity contribution is 0.102. The SMILES string of the molecule is O=C1/C2=C\Nc3ccccc3N=C/C(=C\Nc3ccccc3N=C2)C(=O)c2ccccc2OCCCCCOc2ccccc21. The van der Waals surface area contributed by atoms with Crippen LogP contribution in [-0.4, -0.2) is 37.2 Å². The van der Waals surface area contributed by atoms with Crippen molar-refractivity contribution in [3.63, 3.8) is 0 Å². The van der Waals surface area contributed by atoms with Crippen molar-refractivity contribution in [2.75, 3.05) is 23.8 Å². The highest BCUT2D eigenvalue weighted by Crippen LogP contribution is 2.29. The molecule has 8 nitrogen and oxygen atoms in total. The van der Waals surface area contributed by atoms with E-state index in [0.29, 0.717) is 69.7 Å². The Hall–Kier alpha value is -5.76. The molecular formula is C37H32N4O4. The average molecular weight is 597 g/mol. The van der Waals surface area contributed by atoms with E-state index in [0.717, 1.165) is 19.3 Å². The molecule has 0 spiro atoms. The normalized spacial score (nSPS) is 17.9. The van der Waals surface area contributed by atoms with Crippen molar-refractivity contribution in [2.24, 2.45) is 9.98 Å². The zero-order chi connectivity index (χ0) is 30.8. The van der Waals surface area contributed by atoms with E-state index in [1.54, 1.807) is 36.7 Å². The summed E-state index contributed by atoms with van der Waals surface area (Å²) in [6.45, 7) is 0.894. The van der Waals surface area contributed by atoms with Gasteiger partial charge in [-0.25, -0.2) is 0 Å². The van der Waals surface area contributed by atoms with Gasteiger partial charge in [0.05, 0.1) is 58.2 Å². The van der Waals surface area contributed by atoms with E-state index in [4.69, 9.17) is 19.5 Å². The Morgan fingerprint density at radius 1 is 0.511 bits per heavy atom. The Morgan fingerprint density at radius 2 is 0.933 bits per heavy atom. The standard InChI is InChI=1S/C37H32N4O4/c42-36-26-22-38-30-14-4-6-16-32(30)40-24-27(25-41-33-17-7-5-15-31(33)39-23-26)37(43)29-13-3-9-19-35(29)45-21-11-1-10-20-44-34-18-8-2-12-28(34)36/h2-9,12-19,22-25,38,41H,1,10-11,20-21H2/b26-22-,27-25+,39-23?,40-24?. The number of hydrogen-bond acceptors (Lipinski definition) is 8. The predicted molar refractivity (Wildman–Crippen MR) is 179 cm³/mol. The van der Waals surface area contributed by atoms with Crippen LogP contribution in [0, 0.1) is 0 Å². The number of fused-ring (bicyclic) bond motifs is 8. The van der Waals surface area contributed by atoms with Crippen LogP contribution in [0.2, 0.25) is 0 Å². The van der Waals surface area contributed by atoms with E-state index in [-0.39, 0.29) is 11.6 Å². The van der Waals surface area contributed by atoms with Crippen molar-refractivity contribution in [1.29, 1.82) is 0 Å². The lowest BCUT2D eigenvalue weighted by Gasteiger charge is -2.12. The number of carbonyl (C=O) groups excluding carboxylic acids is 2. The molecule has 0 saturated carbocycles. The van der Waals surface area contributed by atoms with Crippen molar-refractivity contribution in [2.45, 2.75) is 19.3 Å². The van der Waals surface area contributed by atoms with Crippen LogP contribution in [0.3, 0.4) is 0 Å². The number of carbonyl (C=O) groups is 2. The van der Waals surface area contributed by atoms with Crippen LogP contribution in [0.1, 0.15) is 40.0 Å². The van der Waals surface area contributed by atoms with Crippen LogP contribution in [0.15, 0.2) is 131 Å². The van der Waals surface area contributed by atoms with Crippen LogP contribution >= 0.6 is 0 Å². The minimum Gasteiger partial charge on any atom is -0.493 e. The van der Waals surface area contributed by atoms with Crippen molar-refractivity contribution in [3.8, 4) is 11.5 Å². The molecule has 8 heteroatoms. The maximum Gasteiger partial charge on any atom is 0.199 e. The smallest absolute Gasteiger partial charge is 0.199 e. The summed E-state index contributed by atoms with van der Waals surface area (Å²) in [5.41, 5.74) is 3.96. The molecule has 3 heterocycles. The molecule has 0 amide bonds. The first kappa shape index (κ1) is 29.3. The molecule has 0 fully saturated rings. The molecule has 3 aliphatic rings. The molecule has 0 atom stereocenters. The number of anilines is 2. The zero-order valence-electron chi connectivity index (χ0n) is 24.6. The molecule has 7 rings (SSSR count). The fraction of sp³-hybridized carbons (Fsp3) is 0.135. The maximum absolute atomic E-state index is 14.0. The predicted octanol–water partition coefficient (Wildman–Crippen LogP) is 8.10. The van der Waals surface area contributed by atoms with Gasteiger partial charge in [0.15, 0.2) is 11.6 Å². The fourth-order valence-electron chi connectivity index (χ4n) is 4.94. The summed E-state index contributed by atoms with van der Waals surface area (Å²) >= 11 is 0. The van der Waals surface area contributed by atoms with E-state index >= 15 is 0 Å². The van der Waals surface area contributed by atoms with E-state index in [1.807, 2.05) is 72.8 Å². The molecule has 2 bridgehead atoms. The van der Waals surface area contributed by atoms with Crippen LogP contribution < -0.4 is 20.1 Å². The average Bonchev–Trinajstić information content (AvgIpc) is 3.08. The molecule has 45 heavy (non-hydrogen) atoms. The minimum absolute atomic E-state index is 0.245. The molecular weight excluding hydrogens is 564 g/mol. The van der Waals surface area contributed by atoms with Gasteiger partial charge in [0.25, 0.3) is 0 Å². The third-order valence-electron chi connectivity index (χ3n) is 7.35. The lowest BCUT2D eigenvalue weighted by atomic mass is 10.0. The maximum atomic E-state index is 14.0. The summed E-state index contributed by atoms with van der Waals surface area (Å²) in [4.78, 5) is 37.4. The second-order valence-corrected chi connectivity index (χ2v) is 10.4. The molecule has 3 aliphatic heterocycles. The first-order valence-electron chi connectivity index (χ1n) is 14.9. The Bertz CT molecular complexity index is 1710. The van der Waals surface area contributed by atoms with Gasteiger partial charge in [-0.1, -0.05) is 48.5 Å². The van der Waals surface area contributed by atoms with Gasteiger partial charge >= 0.3 is 0 Å². The number of para-hydroxylation sites is 6. The molecule has 4 aromatic carbocycles. The van der Waals surface area contributed by atoms with Crippen molar-refractivity contribution >= 4 is 46.7 Å². The monoisotopic (exact) mass is 596 g/mol. The van der Waals surface area contributed by atoms with Gasteiger partial charge in [0.1, 0.15) is 11.5 Å². The van der Waals surface area contributed by atoms with Crippen molar-refractivity contribution in [3.05, 3.63) is 132 Å². The number of rotatable bonds is 0. The number of Topliss-reactive ketones (excluding diaryl/α,β-unsaturated/α-hetero) is 2. The highest BCUT2D eigenvalue weighted by Gasteiger charge is 2.19. The van der Waals surface area contributed by atoms with Gasteiger partial charge in [-0.3, -0.25) is 19.6 Å². The number of nitrogens with one attached hydrogen (secondary N) is 2. The topological polar surface area (TPSA) is 101 Å². The second-order valence-electron chi connectivity index (χ2n) is 10.4. The molecule has 224 valence electrons. The third kappa shape index (κ3) is 7.08. The summed E-state index contributed by atoms with van der Waals surface area (Å²) in [6, 6.07) is 29.3.